The summed E-state index contributed by atoms with van der Waals surface area (Å²) < 4.78 is 0. The Kier molecular flexibility index (Phi) is 2.97. The van der Waals surface area contributed by atoms with Crippen LogP contribution in [0, 0.1) is 5.92 Å². The Bertz CT molecular complexity index is 398. The lowest BCUT2D eigenvalue weighted by Crippen LogP contribution is -2.35. The van der Waals surface area contributed by atoms with Gasteiger partial charge in [0.15, 0.2) is 0 Å². The molecule has 0 atom stereocenters. The minimum Gasteiger partial charge on any atom is -0.383 e. The second-order valence-electron chi connectivity index (χ2n) is 5.32. The second kappa shape index (κ2) is 4.61. The van der Waals surface area contributed by atoms with Crippen LogP contribution in [0.4, 0.5) is 5.82 Å². The van der Waals surface area contributed by atoms with Crippen LogP contribution < -0.4 is 5.73 Å². The fourth-order valence-corrected chi connectivity index (χ4v) is 3.15. The monoisotopic (exact) mass is 232 g/mol. The van der Waals surface area contributed by atoms with E-state index in [9.17, 15) is 0 Å². The normalized spacial score (nSPS) is 21.6. The third kappa shape index (κ3) is 2.27. The summed E-state index contributed by atoms with van der Waals surface area (Å²) in [4.78, 5) is 11.0. The van der Waals surface area contributed by atoms with Crippen LogP contribution in [0.25, 0.3) is 0 Å². The third-order valence-corrected chi connectivity index (χ3v) is 4.11. The van der Waals surface area contributed by atoms with Crippen LogP contribution >= 0.6 is 0 Å². The van der Waals surface area contributed by atoms with E-state index < -0.39 is 0 Å². The highest BCUT2D eigenvalue weighted by Crippen LogP contribution is 2.28. The first-order valence-electron chi connectivity index (χ1n) is 6.63. The molecule has 0 spiro atoms. The molecule has 0 aromatic carbocycles. The maximum Gasteiger partial charge on any atom is 0.130 e. The minimum atomic E-state index is 0.676. The van der Waals surface area contributed by atoms with Crippen LogP contribution in [0.1, 0.15) is 36.9 Å². The highest BCUT2D eigenvalue weighted by molar-refractivity contribution is 5.42. The van der Waals surface area contributed by atoms with Gasteiger partial charge in [-0.05, 0) is 25.2 Å². The Hall–Kier alpha value is -1.16. The first kappa shape index (κ1) is 11.0. The van der Waals surface area contributed by atoms with Crippen molar-refractivity contribution in [3.8, 4) is 0 Å². The largest absolute Gasteiger partial charge is 0.383 e. The van der Waals surface area contributed by atoms with Crippen molar-refractivity contribution in [3.63, 3.8) is 0 Å². The Balaban J connectivity index is 1.68. The Morgan fingerprint density at radius 1 is 1.29 bits per heavy atom. The number of hydrogen-bond acceptors (Lipinski definition) is 4. The standard InChI is InChI=1S/C13H20N4/c14-13-11-5-6-17(7-10-3-1-2-4-10)8-12(11)15-9-16-13/h9-10H,1-8H2,(H2,14,15,16). The zero-order valence-corrected chi connectivity index (χ0v) is 10.2. The molecule has 0 amide bonds. The average molecular weight is 232 g/mol. The zero-order chi connectivity index (χ0) is 11.7. The predicted octanol–water partition coefficient (Wildman–Crippen LogP) is 1.61. The highest BCUT2D eigenvalue weighted by atomic mass is 15.1. The molecule has 17 heavy (non-hydrogen) atoms. The third-order valence-electron chi connectivity index (χ3n) is 4.11. The van der Waals surface area contributed by atoms with Gasteiger partial charge in [-0.15, -0.1) is 0 Å². The number of rotatable bonds is 2. The van der Waals surface area contributed by atoms with Gasteiger partial charge in [0.1, 0.15) is 12.1 Å². The van der Waals surface area contributed by atoms with Gasteiger partial charge in [0.25, 0.3) is 0 Å². The molecule has 2 heterocycles. The van der Waals surface area contributed by atoms with Crippen LogP contribution in [0.3, 0.4) is 0 Å². The lowest BCUT2D eigenvalue weighted by Gasteiger charge is -2.30. The molecular weight excluding hydrogens is 212 g/mol. The maximum atomic E-state index is 5.88. The summed E-state index contributed by atoms with van der Waals surface area (Å²) in [5.74, 6) is 1.59. The summed E-state index contributed by atoms with van der Waals surface area (Å²) in [6, 6.07) is 0. The molecule has 0 saturated heterocycles. The minimum absolute atomic E-state index is 0.676. The smallest absolute Gasteiger partial charge is 0.130 e. The molecule has 4 nitrogen and oxygen atoms in total. The number of nitrogens with two attached hydrogens (primary N) is 1. The number of aromatic nitrogens is 2. The van der Waals surface area contributed by atoms with Crippen molar-refractivity contribution < 1.29 is 0 Å². The molecule has 0 unspecified atom stereocenters. The van der Waals surface area contributed by atoms with Crippen molar-refractivity contribution in [2.45, 2.75) is 38.6 Å². The highest BCUT2D eigenvalue weighted by Gasteiger charge is 2.23. The number of hydrogen-bond donors (Lipinski definition) is 1. The summed E-state index contributed by atoms with van der Waals surface area (Å²) >= 11 is 0. The lowest BCUT2D eigenvalue weighted by atomic mass is 10.0. The topological polar surface area (TPSA) is 55.0 Å². The Morgan fingerprint density at radius 2 is 2.12 bits per heavy atom. The van der Waals surface area contributed by atoms with E-state index in [0.29, 0.717) is 5.82 Å². The average Bonchev–Trinajstić information content (AvgIpc) is 2.82. The molecule has 1 aromatic heterocycles. The molecule has 0 radical (unpaired) electrons. The van der Waals surface area contributed by atoms with Gasteiger partial charge < -0.3 is 5.73 Å². The van der Waals surface area contributed by atoms with Crippen molar-refractivity contribution in [2.24, 2.45) is 5.92 Å². The number of fused-ring (bicyclic) bond motifs is 1. The van der Waals surface area contributed by atoms with Crippen LogP contribution in [-0.2, 0) is 13.0 Å². The van der Waals surface area contributed by atoms with Crippen molar-refractivity contribution >= 4 is 5.82 Å². The molecule has 2 aliphatic rings. The Labute approximate surface area is 102 Å². The molecule has 1 aliphatic carbocycles. The molecule has 1 aliphatic heterocycles. The number of nitrogen functional groups attached to an aromatic ring is 1. The molecule has 2 N–H and O–H groups in total. The van der Waals surface area contributed by atoms with E-state index in [-0.39, 0.29) is 0 Å². The fraction of sp³-hybridized carbons (Fsp3) is 0.692. The van der Waals surface area contributed by atoms with Crippen molar-refractivity contribution in [3.05, 3.63) is 17.6 Å². The van der Waals surface area contributed by atoms with E-state index in [4.69, 9.17) is 5.73 Å². The van der Waals surface area contributed by atoms with E-state index in [2.05, 4.69) is 14.9 Å². The predicted molar refractivity (Wildman–Crippen MR) is 67.4 cm³/mol. The van der Waals surface area contributed by atoms with Crippen LogP contribution in [0.5, 0.6) is 0 Å². The van der Waals surface area contributed by atoms with E-state index in [1.165, 1.54) is 37.8 Å². The maximum absolute atomic E-state index is 5.88. The molecule has 1 aromatic rings. The van der Waals surface area contributed by atoms with Crippen LogP contribution in [0.2, 0.25) is 0 Å². The summed E-state index contributed by atoms with van der Waals surface area (Å²) in [6.07, 6.45) is 8.26. The van der Waals surface area contributed by atoms with Crippen molar-refractivity contribution in [1.82, 2.24) is 14.9 Å². The van der Waals surface area contributed by atoms with Gasteiger partial charge in [-0.1, -0.05) is 12.8 Å². The number of nitrogens with zero attached hydrogens (tertiary/aromatic N) is 3. The van der Waals surface area contributed by atoms with Gasteiger partial charge in [-0.2, -0.15) is 0 Å². The van der Waals surface area contributed by atoms with Gasteiger partial charge in [0, 0.05) is 25.2 Å². The van der Waals surface area contributed by atoms with Crippen LogP contribution in [-0.4, -0.2) is 28.0 Å². The van der Waals surface area contributed by atoms with Gasteiger partial charge in [0.2, 0.25) is 0 Å². The molecular formula is C13H20N4. The molecule has 92 valence electrons. The van der Waals surface area contributed by atoms with Crippen molar-refractivity contribution in [1.29, 1.82) is 0 Å². The van der Waals surface area contributed by atoms with Gasteiger partial charge in [-0.25, -0.2) is 9.97 Å². The molecule has 3 rings (SSSR count). The van der Waals surface area contributed by atoms with Gasteiger partial charge in [-0.3, -0.25) is 4.90 Å². The molecule has 1 fully saturated rings. The fourth-order valence-electron chi connectivity index (χ4n) is 3.15. The van der Waals surface area contributed by atoms with Crippen LogP contribution in [0.15, 0.2) is 6.33 Å². The van der Waals surface area contributed by atoms with E-state index in [1.54, 1.807) is 6.33 Å². The summed E-state index contributed by atoms with van der Waals surface area (Å²) in [6.45, 7) is 3.31. The van der Waals surface area contributed by atoms with Crippen molar-refractivity contribution in [2.75, 3.05) is 18.8 Å². The summed E-state index contributed by atoms with van der Waals surface area (Å²) in [5.41, 5.74) is 8.20. The quantitative estimate of drug-likeness (QED) is 0.841. The lowest BCUT2D eigenvalue weighted by molar-refractivity contribution is 0.211. The Morgan fingerprint density at radius 3 is 2.94 bits per heavy atom. The molecule has 4 heteroatoms. The summed E-state index contributed by atoms with van der Waals surface area (Å²) in [5, 5.41) is 0. The van der Waals surface area contributed by atoms with E-state index in [1.807, 2.05) is 0 Å². The van der Waals surface area contributed by atoms with E-state index >= 15 is 0 Å². The van der Waals surface area contributed by atoms with E-state index in [0.717, 1.165) is 31.1 Å². The first-order valence-corrected chi connectivity index (χ1v) is 6.63. The zero-order valence-electron chi connectivity index (χ0n) is 10.2. The SMILES string of the molecule is Nc1ncnc2c1CCN(CC1CCCC1)C2. The molecule has 0 bridgehead atoms. The number of anilines is 1. The van der Waals surface area contributed by atoms with Gasteiger partial charge >= 0.3 is 0 Å². The second-order valence-corrected chi connectivity index (χ2v) is 5.32. The van der Waals surface area contributed by atoms with Gasteiger partial charge in [0.05, 0.1) is 5.69 Å². The molecule has 1 saturated carbocycles. The summed E-state index contributed by atoms with van der Waals surface area (Å²) in [7, 11) is 0. The first-order chi connectivity index (χ1) is 8.33.